The van der Waals surface area contributed by atoms with Gasteiger partial charge in [-0.25, -0.2) is 9.67 Å². The van der Waals surface area contributed by atoms with Crippen molar-refractivity contribution in [2.45, 2.75) is 0 Å². The number of rotatable bonds is 2. The number of ether oxygens (including phenoxy) is 1. The number of hydrogen-bond donors (Lipinski definition) is 0. The van der Waals surface area contributed by atoms with Crippen LogP contribution in [0.5, 0.6) is 5.88 Å². The quantitative estimate of drug-likeness (QED) is 0.674. The van der Waals surface area contributed by atoms with Gasteiger partial charge in [-0.1, -0.05) is 0 Å². The monoisotopic (exact) mass is 176 g/mol. The van der Waals surface area contributed by atoms with Gasteiger partial charge >= 0.3 is 0 Å². The van der Waals surface area contributed by atoms with Gasteiger partial charge in [0.05, 0.1) is 7.11 Å². The summed E-state index contributed by atoms with van der Waals surface area (Å²) in [5.74, 6) is 1.03. The average Bonchev–Trinajstić information content (AvgIpc) is 2.71. The summed E-state index contributed by atoms with van der Waals surface area (Å²) in [5.41, 5.74) is 0. The highest BCUT2D eigenvalue weighted by Gasteiger charge is 2.00. The van der Waals surface area contributed by atoms with Crippen molar-refractivity contribution < 1.29 is 4.74 Å². The highest BCUT2D eigenvalue weighted by molar-refractivity contribution is 5.16. The van der Waals surface area contributed by atoms with Crippen LogP contribution in [0.15, 0.2) is 30.7 Å². The van der Waals surface area contributed by atoms with Crippen molar-refractivity contribution in [3.05, 3.63) is 30.7 Å². The summed E-state index contributed by atoms with van der Waals surface area (Å²) in [7, 11) is 1.56. The minimum Gasteiger partial charge on any atom is -0.481 e. The van der Waals surface area contributed by atoms with Crippen LogP contribution in [0, 0.1) is 0 Å². The van der Waals surface area contributed by atoms with Crippen LogP contribution in [0.25, 0.3) is 5.95 Å². The predicted octanol–water partition coefficient (Wildman–Crippen LogP) is 0.671. The van der Waals surface area contributed by atoms with Crippen LogP contribution in [0.4, 0.5) is 0 Å². The summed E-state index contributed by atoms with van der Waals surface area (Å²) in [6, 6.07) is 3.50. The van der Waals surface area contributed by atoms with E-state index in [-0.39, 0.29) is 0 Å². The zero-order chi connectivity index (χ0) is 9.10. The second-order valence-electron chi connectivity index (χ2n) is 2.35. The molecule has 0 radical (unpaired) electrons. The first kappa shape index (κ1) is 7.72. The first-order valence-corrected chi connectivity index (χ1v) is 3.77. The first-order valence-electron chi connectivity index (χ1n) is 3.77. The lowest BCUT2D eigenvalue weighted by Crippen LogP contribution is -2.01. The van der Waals surface area contributed by atoms with Crippen LogP contribution < -0.4 is 4.74 Å². The third-order valence-electron chi connectivity index (χ3n) is 1.54. The fourth-order valence-corrected chi connectivity index (χ4v) is 0.944. The lowest BCUT2D eigenvalue weighted by molar-refractivity contribution is 0.395. The molecule has 0 spiro atoms. The molecule has 0 fully saturated rings. The van der Waals surface area contributed by atoms with Gasteiger partial charge in [0.25, 0.3) is 5.95 Å². The summed E-state index contributed by atoms with van der Waals surface area (Å²) < 4.78 is 6.53. The second kappa shape index (κ2) is 3.22. The normalized spacial score (nSPS) is 9.92. The van der Waals surface area contributed by atoms with E-state index in [9.17, 15) is 0 Å². The lowest BCUT2D eigenvalue weighted by atomic mass is 10.6. The van der Waals surface area contributed by atoms with E-state index in [1.807, 2.05) is 6.07 Å². The van der Waals surface area contributed by atoms with Crippen molar-refractivity contribution in [2.24, 2.45) is 0 Å². The van der Waals surface area contributed by atoms with Crippen molar-refractivity contribution in [3.63, 3.8) is 0 Å². The molecule has 0 amide bonds. The minimum atomic E-state index is 0.504. The van der Waals surface area contributed by atoms with Crippen molar-refractivity contribution in [1.82, 2.24) is 19.7 Å². The van der Waals surface area contributed by atoms with Crippen LogP contribution in [-0.4, -0.2) is 26.9 Å². The molecule has 2 heterocycles. The molecule has 5 nitrogen and oxygen atoms in total. The van der Waals surface area contributed by atoms with Crippen LogP contribution >= 0.6 is 0 Å². The largest absolute Gasteiger partial charge is 0.481 e. The van der Waals surface area contributed by atoms with Gasteiger partial charge in [-0.3, -0.25) is 0 Å². The van der Waals surface area contributed by atoms with E-state index in [4.69, 9.17) is 4.74 Å². The van der Waals surface area contributed by atoms with Gasteiger partial charge in [0.15, 0.2) is 0 Å². The smallest absolute Gasteiger partial charge is 0.253 e. The van der Waals surface area contributed by atoms with E-state index >= 15 is 0 Å². The fraction of sp³-hybridized carbons (Fsp3) is 0.125. The van der Waals surface area contributed by atoms with Crippen LogP contribution in [0.1, 0.15) is 0 Å². The number of aromatic nitrogens is 4. The van der Waals surface area contributed by atoms with Gasteiger partial charge < -0.3 is 4.74 Å². The van der Waals surface area contributed by atoms with Crippen LogP contribution in [0.3, 0.4) is 0 Å². The van der Waals surface area contributed by atoms with Gasteiger partial charge in [0.2, 0.25) is 5.88 Å². The molecule has 0 saturated heterocycles. The summed E-state index contributed by atoms with van der Waals surface area (Å²) >= 11 is 0. The molecular formula is C8H8N4O. The van der Waals surface area contributed by atoms with E-state index in [0.717, 1.165) is 0 Å². The van der Waals surface area contributed by atoms with Crippen LogP contribution in [0.2, 0.25) is 0 Å². The Morgan fingerprint density at radius 2 is 2.31 bits per heavy atom. The molecule has 0 aliphatic rings. The molecule has 0 aromatic carbocycles. The maximum atomic E-state index is 4.96. The maximum Gasteiger partial charge on any atom is 0.253 e. The van der Waals surface area contributed by atoms with Crippen LogP contribution in [-0.2, 0) is 0 Å². The zero-order valence-corrected chi connectivity index (χ0v) is 7.08. The van der Waals surface area contributed by atoms with E-state index in [2.05, 4.69) is 15.1 Å². The minimum absolute atomic E-state index is 0.504. The number of nitrogens with zero attached hydrogens (tertiary/aromatic N) is 4. The third-order valence-corrected chi connectivity index (χ3v) is 1.54. The summed E-state index contributed by atoms with van der Waals surface area (Å²) in [5, 5.41) is 4.00. The Bertz CT molecular complexity index is 385. The van der Waals surface area contributed by atoms with E-state index in [1.54, 1.807) is 36.4 Å². The zero-order valence-electron chi connectivity index (χ0n) is 7.08. The molecule has 0 aliphatic carbocycles. The number of methoxy groups -OCH3 is 1. The Morgan fingerprint density at radius 3 is 3.00 bits per heavy atom. The van der Waals surface area contributed by atoms with E-state index < -0.39 is 0 Å². The second-order valence-corrected chi connectivity index (χ2v) is 2.35. The molecule has 0 bridgehead atoms. The Morgan fingerprint density at radius 1 is 1.38 bits per heavy atom. The van der Waals surface area contributed by atoms with Gasteiger partial charge in [-0.2, -0.15) is 10.1 Å². The molecule has 0 aliphatic heterocycles. The molecule has 66 valence electrons. The summed E-state index contributed by atoms with van der Waals surface area (Å²) in [6.45, 7) is 0. The Hall–Kier alpha value is -1.91. The van der Waals surface area contributed by atoms with Gasteiger partial charge in [-0.05, 0) is 6.07 Å². The van der Waals surface area contributed by atoms with Crippen molar-refractivity contribution in [3.8, 4) is 11.8 Å². The Labute approximate surface area is 75.0 Å². The van der Waals surface area contributed by atoms with Gasteiger partial charge in [0.1, 0.15) is 0 Å². The molecule has 0 unspecified atom stereocenters. The summed E-state index contributed by atoms with van der Waals surface area (Å²) in [4.78, 5) is 8.14. The standard InChI is InChI=1S/C8H8N4O/c1-13-7-3-5-9-8(11-7)12-6-2-4-10-12/h2-6H,1H3. The summed E-state index contributed by atoms with van der Waals surface area (Å²) in [6.07, 6.45) is 5.07. The molecule has 13 heavy (non-hydrogen) atoms. The average molecular weight is 176 g/mol. The van der Waals surface area contributed by atoms with Crippen molar-refractivity contribution in [1.29, 1.82) is 0 Å². The molecule has 2 aromatic rings. The molecular weight excluding hydrogens is 168 g/mol. The fourth-order valence-electron chi connectivity index (χ4n) is 0.944. The van der Waals surface area contributed by atoms with Gasteiger partial charge in [0, 0.05) is 24.7 Å². The highest BCUT2D eigenvalue weighted by Crippen LogP contribution is 2.05. The lowest BCUT2D eigenvalue weighted by Gasteiger charge is -2.00. The molecule has 0 saturated carbocycles. The van der Waals surface area contributed by atoms with Crippen molar-refractivity contribution in [2.75, 3.05) is 7.11 Å². The highest BCUT2D eigenvalue weighted by atomic mass is 16.5. The first-order chi connectivity index (χ1) is 6.40. The molecule has 0 atom stereocenters. The van der Waals surface area contributed by atoms with Crippen molar-refractivity contribution >= 4 is 0 Å². The molecule has 0 N–H and O–H groups in total. The Kier molecular flexibility index (Phi) is 1.91. The SMILES string of the molecule is COc1ccnc(-n2cccn2)n1. The predicted molar refractivity (Wildman–Crippen MR) is 45.7 cm³/mol. The topological polar surface area (TPSA) is 52.8 Å². The molecule has 2 rings (SSSR count). The maximum absolute atomic E-state index is 4.96. The van der Waals surface area contributed by atoms with E-state index in [1.165, 1.54) is 0 Å². The third kappa shape index (κ3) is 1.48. The molecule has 5 heteroatoms. The Balaban J connectivity index is 2.41. The van der Waals surface area contributed by atoms with Gasteiger partial charge in [-0.15, -0.1) is 0 Å². The van der Waals surface area contributed by atoms with E-state index in [0.29, 0.717) is 11.8 Å². The molecule has 2 aromatic heterocycles. The number of hydrogen-bond acceptors (Lipinski definition) is 4.